The molecule has 1 saturated carbocycles. The van der Waals surface area contributed by atoms with Crippen LogP contribution in [-0.2, 0) is 4.79 Å². The monoisotopic (exact) mass is 284 g/mol. The Balaban J connectivity index is 1.72. The zero-order valence-corrected chi connectivity index (χ0v) is 11.7. The van der Waals surface area contributed by atoms with E-state index in [9.17, 15) is 9.59 Å². The Morgan fingerprint density at radius 2 is 1.90 bits per heavy atom. The second kappa shape index (κ2) is 5.44. The number of benzene rings is 1. The van der Waals surface area contributed by atoms with Gasteiger partial charge in [-0.15, -0.1) is 0 Å². The fraction of sp³-hybridized carbons (Fsp3) is 0.250. The Labute approximate surface area is 122 Å². The molecule has 0 spiro atoms. The number of carbonyl (C=O) groups is 2. The minimum atomic E-state index is -0.293. The van der Waals surface area contributed by atoms with Gasteiger partial charge >= 0.3 is 0 Å². The second-order valence-electron chi connectivity index (χ2n) is 5.10. The molecule has 1 fully saturated rings. The molecule has 1 aliphatic carbocycles. The van der Waals surface area contributed by atoms with Crippen LogP contribution in [0.1, 0.15) is 30.3 Å². The van der Waals surface area contributed by atoms with E-state index in [4.69, 9.17) is 4.42 Å². The van der Waals surface area contributed by atoms with Crippen LogP contribution < -0.4 is 10.2 Å². The summed E-state index contributed by atoms with van der Waals surface area (Å²) in [5.41, 5.74) is 1.53. The average molecular weight is 284 g/mol. The number of hydrogen-bond acceptors (Lipinski definition) is 3. The zero-order valence-electron chi connectivity index (χ0n) is 11.7. The molecule has 1 N–H and O–H groups in total. The molecule has 2 aromatic rings. The van der Waals surface area contributed by atoms with E-state index >= 15 is 0 Å². The summed E-state index contributed by atoms with van der Waals surface area (Å²) in [5.74, 6) is 0.0191. The third kappa shape index (κ3) is 2.97. The smallest absolute Gasteiger partial charge is 0.291 e. The van der Waals surface area contributed by atoms with Crippen molar-refractivity contribution in [2.45, 2.75) is 25.8 Å². The van der Waals surface area contributed by atoms with Crippen LogP contribution in [0.25, 0.3) is 0 Å². The van der Waals surface area contributed by atoms with E-state index in [1.54, 1.807) is 36.1 Å². The summed E-state index contributed by atoms with van der Waals surface area (Å²) in [6.45, 7) is 1.57. The van der Waals surface area contributed by atoms with Crippen molar-refractivity contribution < 1.29 is 14.0 Å². The molecular formula is C16H16N2O3. The number of amides is 2. The Bertz CT molecular complexity index is 643. The van der Waals surface area contributed by atoms with Crippen molar-refractivity contribution in [3.8, 4) is 0 Å². The maximum atomic E-state index is 11.9. The van der Waals surface area contributed by atoms with Gasteiger partial charge in [-0.2, -0.15) is 0 Å². The first kappa shape index (κ1) is 13.4. The summed E-state index contributed by atoms with van der Waals surface area (Å²) < 4.78 is 5.04. The molecule has 5 heteroatoms. The fourth-order valence-electron chi connectivity index (χ4n) is 2.29. The molecule has 3 rings (SSSR count). The van der Waals surface area contributed by atoms with Crippen LogP contribution in [0.4, 0.5) is 11.4 Å². The van der Waals surface area contributed by atoms with E-state index in [1.165, 1.54) is 6.26 Å². The van der Waals surface area contributed by atoms with Crippen LogP contribution in [0.15, 0.2) is 47.1 Å². The third-order valence-electron chi connectivity index (χ3n) is 3.40. The SMILES string of the molecule is CC(=O)N(c1ccc(NC(=O)c2ccco2)cc1)C1CC1. The molecular weight excluding hydrogens is 268 g/mol. The number of carbonyl (C=O) groups excluding carboxylic acids is 2. The highest BCUT2D eigenvalue weighted by molar-refractivity contribution is 6.02. The molecule has 0 unspecified atom stereocenters. The molecule has 5 nitrogen and oxygen atoms in total. The first-order valence-corrected chi connectivity index (χ1v) is 6.90. The van der Waals surface area contributed by atoms with Crippen LogP contribution in [-0.4, -0.2) is 17.9 Å². The van der Waals surface area contributed by atoms with Gasteiger partial charge in [0, 0.05) is 24.3 Å². The summed E-state index contributed by atoms with van der Waals surface area (Å²) >= 11 is 0. The molecule has 0 aliphatic heterocycles. The van der Waals surface area contributed by atoms with Gasteiger partial charge in [0.1, 0.15) is 0 Å². The van der Waals surface area contributed by atoms with Gasteiger partial charge in [0.25, 0.3) is 5.91 Å². The van der Waals surface area contributed by atoms with E-state index in [2.05, 4.69) is 5.32 Å². The standard InChI is InChI=1S/C16H16N2O3/c1-11(19)18(14-8-9-14)13-6-4-12(5-7-13)17-16(20)15-3-2-10-21-15/h2-7,10,14H,8-9H2,1H3,(H,17,20). The van der Waals surface area contributed by atoms with Gasteiger partial charge < -0.3 is 14.6 Å². The zero-order chi connectivity index (χ0) is 14.8. The first-order valence-electron chi connectivity index (χ1n) is 6.90. The molecule has 0 radical (unpaired) electrons. The molecule has 0 bridgehead atoms. The molecule has 2 amide bonds. The molecule has 0 atom stereocenters. The Kier molecular flexibility index (Phi) is 3.48. The Morgan fingerprint density at radius 3 is 2.43 bits per heavy atom. The predicted octanol–water partition coefficient (Wildman–Crippen LogP) is 3.05. The Hall–Kier alpha value is -2.56. The number of nitrogens with zero attached hydrogens (tertiary/aromatic N) is 1. The van der Waals surface area contributed by atoms with E-state index in [1.807, 2.05) is 12.1 Å². The van der Waals surface area contributed by atoms with Gasteiger partial charge in [-0.3, -0.25) is 9.59 Å². The van der Waals surface area contributed by atoms with Crippen LogP contribution in [0, 0.1) is 0 Å². The second-order valence-corrected chi connectivity index (χ2v) is 5.10. The van der Waals surface area contributed by atoms with Crippen molar-refractivity contribution in [2.75, 3.05) is 10.2 Å². The highest BCUT2D eigenvalue weighted by Crippen LogP contribution is 2.32. The number of rotatable bonds is 4. The van der Waals surface area contributed by atoms with Crippen molar-refractivity contribution in [1.29, 1.82) is 0 Å². The molecule has 1 aromatic heterocycles. The van der Waals surface area contributed by atoms with Crippen molar-refractivity contribution in [3.05, 3.63) is 48.4 Å². The summed E-state index contributed by atoms with van der Waals surface area (Å²) in [6.07, 6.45) is 3.56. The number of furan rings is 1. The van der Waals surface area contributed by atoms with E-state index in [0.717, 1.165) is 18.5 Å². The van der Waals surface area contributed by atoms with E-state index in [0.29, 0.717) is 11.7 Å². The van der Waals surface area contributed by atoms with Crippen molar-refractivity contribution >= 4 is 23.2 Å². The number of anilines is 2. The summed E-state index contributed by atoms with van der Waals surface area (Å²) in [4.78, 5) is 25.3. The quantitative estimate of drug-likeness (QED) is 0.938. The maximum absolute atomic E-state index is 11.9. The van der Waals surface area contributed by atoms with E-state index < -0.39 is 0 Å². The molecule has 108 valence electrons. The maximum Gasteiger partial charge on any atom is 0.291 e. The fourth-order valence-corrected chi connectivity index (χ4v) is 2.29. The third-order valence-corrected chi connectivity index (χ3v) is 3.40. The minimum absolute atomic E-state index is 0.0462. The van der Waals surface area contributed by atoms with Gasteiger partial charge in [0.15, 0.2) is 5.76 Å². The van der Waals surface area contributed by atoms with Crippen LogP contribution in [0.2, 0.25) is 0 Å². The number of nitrogens with one attached hydrogen (secondary N) is 1. The highest BCUT2D eigenvalue weighted by Gasteiger charge is 2.31. The van der Waals surface area contributed by atoms with Gasteiger partial charge in [-0.1, -0.05) is 0 Å². The van der Waals surface area contributed by atoms with Crippen LogP contribution >= 0.6 is 0 Å². The van der Waals surface area contributed by atoms with Crippen LogP contribution in [0.3, 0.4) is 0 Å². The predicted molar refractivity (Wildman–Crippen MR) is 79.3 cm³/mol. The summed E-state index contributed by atoms with van der Waals surface area (Å²) in [7, 11) is 0. The molecule has 1 aliphatic rings. The Morgan fingerprint density at radius 1 is 1.19 bits per heavy atom. The summed E-state index contributed by atoms with van der Waals surface area (Å²) in [5, 5.41) is 2.75. The lowest BCUT2D eigenvalue weighted by Crippen LogP contribution is -2.30. The lowest BCUT2D eigenvalue weighted by atomic mass is 10.2. The first-order chi connectivity index (χ1) is 10.1. The van der Waals surface area contributed by atoms with Gasteiger partial charge in [0.2, 0.25) is 5.91 Å². The van der Waals surface area contributed by atoms with Gasteiger partial charge in [-0.05, 0) is 49.2 Å². The van der Waals surface area contributed by atoms with Crippen molar-refractivity contribution in [1.82, 2.24) is 0 Å². The molecule has 0 saturated heterocycles. The van der Waals surface area contributed by atoms with E-state index in [-0.39, 0.29) is 17.6 Å². The molecule has 21 heavy (non-hydrogen) atoms. The molecule has 1 heterocycles. The normalized spacial score (nSPS) is 13.8. The average Bonchev–Trinajstić information content (AvgIpc) is 3.13. The van der Waals surface area contributed by atoms with Gasteiger partial charge in [-0.25, -0.2) is 0 Å². The molecule has 1 aromatic carbocycles. The lowest BCUT2D eigenvalue weighted by Gasteiger charge is -2.20. The minimum Gasteiger partial charge on any atom is -0.459 e. The number of hydrogen-bond donors (Lipinski definition) is 1. The van der Waals surface area contributed by atoms with Gasteiger partial charge in [0.05, 0.1) is 6.26 Å². The highest BCUT2D eigenvalue weighted by atomic mass is 16.3. The van der Waals surface area contributed by atoms with Crippen molar-refractivity contribution in [2.24, 2.45) is 0 Å². The topological polar surface area (TPSA) is 62.6 Å². The largest absolute Gasteiger partial charge is 0.459 e. The van der Waals surface area contributed by atoms with Crippen LogP contribution in [0.5, 0.6) is 0 Å². The summed E-state index contributed by atoms with van der Waals surface area (Å²) in [6, 6.07) is 10.9. The lowest BCUT2D eigenvalue weighted by molar-refractivity contribution is -0.116. The van der Waals surface area contributed by atoms with Crippen molar-refractivity contribution in [3.63, 3.8) is 0 Å².